The summed E-state index contributed by atoms with van der Waals surface area (Å²) in [7, 11) is 0. The average molecular weight is 372 g/mol. The van der Waals surface area contributed by atoms with Crippen molar-refractivity contribution < 1.29 is 34.0 Å². The molecule has 5 atom stereocenters. The van der Waals surface area contributed by atoms with Gasteiger partial charge in [-0.05, 0) is 31.2 Å². The number of ether oxygens (including phenoxy) is 3. The van der Waals surface area contributed by atoms with Gasteiger partial charge < -0.3 is 24.4 Å². The van der Waals surface area contributed by atoms with Crippen LogP contribution in [-0.4, -0.2) is 52.9 Å². The number of aliphatic hydroxyl groups is 2. The van der Waals surface area contributed by atoms with E-state index in [1.807, 2.05) is 0 Å². The van der Waals surface area contributed by atoms with Crippen LogP contribution in [0.15, 0.2) is 60.7 Å². The molecule has 0 aromatic heterocycles. The van der Waals surface area contributed by atoms with Gasteiger partial charge in [0.25, 0.3) is 0 Å². The average Bonchev–Trinajstić information content (AvgIpc) is 2.69. The summed E-state index contributed by atoms with van der Waals surface area (Å²) in [5.41, 5.74) is 0.525. The van der Waals surface area contributed by atoms with E-state index in [1.54, 1.807) is 60.7 Å². The van der Waals surface area contributed by atoms with Gasteiger partial charge in [-0.2, -0.15) is 0 Å². The van der Waals surface area contributed by atoms with Crippen molar-refractivity contribution >= 4 is 11.9 Å². The molecule has 2 aromatic carbocycles. The first kappa shape index (κ1) is 19.0. The molecule has 0 radical (unpaired) electrons. The Hall–Kier alpha value is -2.74. The smallest absolute Gasteiger partial charge is 0.338 e. The molecule has 142 valence electrons. The fourth-order valence-corrected chi connectivity index (χ4v) is 2.80. The maximum absolute atomic E-state index is 12.4. The van der Waals surface area contributed by atoms with Crippen LogP contribution in [0.2, 0.25) is 0 Å². The molecule has 0 amide bonds. The maximum atomic E-state index is 12.4. The van der Waals surface area contributed by atoms with Gasteiger partial charge >= 0.3 is 11.9 Å². The second-order valence-corrected chi connectivity index (χ2v) is 6.19. The van der Waals surface area contributed by atoms with Gasteiger partial charge in [-0.15, -0.1) is 0 Å². The minimum atomic E-state index is -1.55. The Kier molecular flexibility index (Phi) is 5.85. The van der Waals surface area contributed by atoms with Crippen molar-refractivity contribution in [2.75, 3.05) is 0 Å². The first-order chi connectivity index (χ1) is 13.0. The molecule has 1 fully saturated rings. The molecule has 0 unspecified atom stereocenters. The van der Waals surface area contributed by atoms with E-state index in [4.69, 9.17) is 14.2 Å². The molecule has 1 aliphatic heterocycles. The second kappa shape index (κ2) is 8.30. The molecule has 0 spiro atoms. The van der Waals surface area contributed by atoms with E-state index in [0.29, 0.717) is 0 Å². The van der Waals surface area contributed by atoms with Crippen molar-refractivity contribution in [2.24, 2.45) is 0 Å². The van der Waals surface area contributed by atoms with Crippen LogP contribution in [-0.2, 0) is 14.2 Å². The summed E-state index contributed by atoms with van der Waals surface area (Å²) >= 11 is 0. The third-order valence-electron chi connectivity index (χ3n) is 4.28. The quantitative estimate of drug-likeness (QED) is 0.785. The van der Waals surface area contributed by atoms with Gasteiger partial charge in [0.2, 0.25) is 0 Å². The molecule has 1 heterocycles. The molecule has 0 saturated carbocycles. The molecular weight excluding hydrogens is 352 g/mol. The Balaban J connectivity index is 1.80. The molecule has 3 rings (SSSR count). The largest absolute Gasteiger partial charge is 0.452 e. The van der Waals surface area contributed by atoms with Crippen molar-refractivity contribution in [1.29, 1.82) is 0 Å². The molecule has 7 heteroatoms. The SMILES string of the molecule is C[C@H]1O[C@@H](O)[C@H](OC(=O)c2ccccc2)[C@@H](OC(=O)c2ccccc2)[C@@H]1O. The lowest BCUT2D eigenvalue weighted by Crippen LogP contribution is -2.59. The van der Waals surface area contributed by atoms with Gasteiger partial charge in [0.15, 0.2) is 18.5 Å². The summed E-state index contributed by atoms with van der Waals surface area (Å²) in [4.78, 5) is 24.7. The summed E-state index contributed by atoms with van der Waals surface area (Å²) in [5, 5.41) is 20.6. The summed E-state index contributed by atoms with van der Waals surface area (Å²) < 4.78 is 15.9. The Morgan fingerprint density at radius 3 is 1.74 bits per heavy atom. The first-order valence-electron chi connectivity index (χ1n) is 8.51. The van der Waals surface area contributed by atoms with E-state index >= 15 is 0 Å². The molecule has 2 aromatic rings. The lowest BCUT2D eigenvalue weighted by atomic mass is 9.99. The van der Waals surface area contributed by atoms with Crippen LogP contribution in [0.3, 0.4) is 0 Å². The van der Waals surface area contributed by atoms with Crippen LogP contribution in [0.25, 0.3) is 0 Å². The monoisotopic (exact) mass is 372 g/mol. The maximum Gasteiger partial charge on any atom is 0.338 e. The lowest BCUT2D eigenvalue weighted by molar-refractivity contribution is -0.276. The normalized spacial score (nSPS) is 27.6. The van der Waals surface area contributed by atoms with Gasteiger partial charge in [-0.25, -0.2) is 9.59 Å². The van der Waals surface area contributed by atoms with Crippen LogP contribution in [0.4, 0.5) is 0 Å². The fraction of sp³-hybridized carbons (Fsp3) is 0.300. The van der Waals surface area contributed by atoms with Crippen molar-refractivity contribution in [2.45, 2.75) is 37.6 Å². The summed E-state index contributed by atoms with van der Waals surface area (Å²) in [5.74, 6) is -1.44. The van der Waals surface area contributed by atoms with Crippen LogP contribution < -0.4 is 0 Å². The Bertz CT molecular complexity index is 777. The topological polar surface area (TPSA) is 102 Å². The molecule has 1 saturated heterocycles. The first-order valence-corrected chi connectivity index (χ1v) is 8.51. The highest BCUT2D eigenvalue weighted by molar-refractivity contribution is 5.90. The number of rotatable bonds is 4. The van der Waals surface area contributed by atoms with Crippen molar-refractivity contribution in [3.63, 3.8) is 0 Å². The van der Waals surface area contributed by atoms with E-state index in [-0.39, 0.29) is 11.1 Å². The highest BCUT2D eigenvalue weighted by Gasteiger charge is 2.48. The number of aliphatic hydroxyl groups excluding tert-OH is 2. The van der Waals surface area contributed by atoms with E-state index in [9.17, 15) is 19.8 Å². The molecule has 0 bridgehead atoms. The Morgan fingerprint density at radius 2 is 1.26 bits per heavy atom. The van der Waals surface area contributed by atoms with Gasteiger partial charge in [0, 0.05) is 0 Å². The summed E-state index contributed by atoms with van der Waals surface area (Å²) in [6.45, 7) is 1.52. The third kappa shape index (κ3) is 4.33. The Morgan fingerprint density at radius 1 is 0.815 bits per heavy atom. The number of benzene rings is 2. The minimum absolute atomic E-state index is 0.256. The summed E-state index contributed by atoms with van der Waals surface area (Å²) in [6, 6.07) is 16.3. The molecule has 1 aliphatic rings. The molecule has 0 aliphatic carbocycles. The standard InChI is InChI=1S/C20H20O7/c1-12-15(21)16(26-18(22)13-8-4-2-5-9-13)17(20(24)25-12)27-19(23)14-10-6-3-7-11-14/h2-12,15-17,20-21,24H,1H3/t12-,15-,16+,17-,20-/m1/s1. The van der Waals surface area contributed by atoms with Crippen molar-refractivity contribution in [1.82, 2.24) is 0 Å². The zero-order valence-electron chi connectivity index (χ0n) is 14.6. The fourth-order valence-electron chi connectivity index (χ4n) is 2.80. The number of carbonyl (C=O) groups is 2. The molecule has 27 heavy (non-hydrogen) atoms. The molecular formula is C20H20O7. The number of esters is 2. The van der Waals surface area contributed by atoms with E-state index in [2.05, 4.69) is 0 Å². The van der Waals surface area contributed by atoms with Crippen LogP contribution in [0, 0.1) is 0 Å². The number of carbonyl (C=O) groups excluding carboxylic acids is 2. The number of hydrogen-bond donors (Lipinski definition) is 2. The van der Waals surface area contributed by atoms with Crippen molar-refractivity contribution in [3.05, 3.63) is 71.8 Å². The molecule has 7 nitrogen and oxygen atoms in total. The zero-order chi connectivity index (χ0) is 19.4. The van der Waals surface area contributed by atoms with E-state index in [1.165, 1.54) is 6.92 Å². The van der Waals surface area contributed by atoms with Crippen LogP contribution >= 0.6 is 0 Å². The van der Waals surface area contributed by atoms with E-state index in [0.717, 1.165) is 0 Å². The van der Waals surface area contributed by atoms with Gasteiger partial charge in [0.1, 0.15) is 6.10 Å². The lowest BCUT2D eigenvalue weighted by Gasteiger charge is -2.40. The summed E-state index contributed by atoms with van der Waals surface area (Å²) in [6.07, 6.45) is -6.32. The highest BCUT2D eigenvalue weighted by atomic mass is 16.7. The second-order valence-electron chi connectivity index (χ2n) is 6.19. The zero-order valence-corrected chi connectivity index (χ0v) is 14.6. The molecule has 2 N–H and O–H groups in total. The predicted molar refractivity (Wildman–Crippen MR) is 93.9 cm³/mol. The minimum Gasteiger partial charge on any atom is -0.452 e. The van der Waals surface area contributed by atoms with Crippen LogP contribution in [0.5, 0.6) is 0 Å². The Labute approximate surface area is 156 Å². The predicted octanol–water partition coefficient (Wildman–Crippen LogP) is 1.54. The number of hydrogen-bond acceptors (Lipinski definition) is 7. The highest BCUT2D eigenvalue weighted by Crippen LogP contribution is 2.26. The van der Waals surface area contributed by atoms with E-state index < -0.39 is 42.6 Å². The van der Waals surface area contributed by atoms with Crippen molar-refractivity contribution in [3.8, 4) is 0 Å². The van der Waals surface area contributed by atoms with Gasteiger partial charge in [-0.3, -0.25) is 0 Å². The third-order valence-corrected chi connectivity index (χ3v) is 4.28. The van der Waals surface area contributed by atoms with Crippen LogP contribution in [0.1, 0.15) is 27.6 Å². The van der Waals surface area contributed by atoms with Gasteiger partial charge in [0.05, 0.1) is 17.2 Å². The van der Waals surface area contributed by atoms with Gasteiger partial charge in [-0.1, -0.05) is 36.4 Å².